The first kappa shape index (κ1) is 13.8. The topological polar surface area (TPSA) is 44.5 Å². The van der Waals surface area contributed by atoms with Gasteiger partial charge in [-0.2, -0.15) is 0 Å². The van der Waals surface area contributed by atoms with E-state index < -0.39 is 11.9 Å². The Labute approximate surface area is 113 Å². The number of benzene rings is 1. The number of hydrogen-bond acceptors (Lipinski definition) is 3. The third-order valence-electron chi connectivity index (χ3n) is 2.89. The smallest absolute Gasteiger partial charge is 0.183 e. The number of ether oxygens (including phenoxy) is 2. The van der Waals surface area contributed by atoms with Gasteiger partial charge in [-0.05, 0) is 13.8 Å². The lowest BCUT2D eigenvalue weighted by Crippen LogP contribution is -2.26. The van der Waals surface area contributed by atoms with E-state index >= 15 is 0 Å². The second-order valence-corrected chi connectivity index (χ2v) is 5.01. The summed E-state index contributed by atoms with van der Waals surface area (Å²) in [5.74, 6) is -0.687. The van der Waals surface area contributed by atoms with Gasteiger partial charge in [-0.15, -0.1) is 6.58 Å². The maximum absolute atomic E-state index is 11.9. The van der Waals surface area contributed by atoms with Crippen molar-refractivity contribution in [2.75, 3.05) is 0 Å². The third kappa shape index (κ3) is 3.66. The van der Waals surface area contributed by atoms with Crippen molar-refractivity contribution in [3.8, 4) is 0 Å². The molecule has 0 bridgehead atoms. The van der Waals surface area contributed by atoms with Gasteiger partial charge in [-0.25, -0.2) is 4.74 Å². The summed E-state index contributed by atoms with van der Waals surface area (Å²) in [4.78, 5) is 0. The van der Waals surface area contributed by atoms with E-state index in [1.165, 1.54) is 6.21 Å². The summed E-state index contributed by atoms with van der Waals surface area (Å²) >= 11 is 0. The first-order chi connectivity index (χ1) is 9.00. The molecule has 1 aliphatic heterocycles. The van der Waals surface area contributed by atoms with Crippen LogP contribution in [0.1, 0.15) is 19.4 Å². The molecule has 4 heteroatoms. The Morgan fingerprint density at radius 3 is 2.53 bits per heavy atom. The van der Waals surface area contributed by atoms with E-state index in [0.29, 0.717) is 6.54 Å². The normalized spacial score (nSPS) is 26.3. The van der Waals surface area contributed by atoms with Crippen LogP contribution in [0.4, 0.5) is 0 Å². The minimum atomic E-state index is -0.687. The van der Waals surface area contributed by atoms with E-state index in [4.69, 9.17) is 9.47 Å². The molecule has 1 aliphatic rings. The summed E-state index contributed by atoms with van der Waals surface area (Å²) in [7, 11) is 0. The summed E-state index contributed by atoms with van der Waals surface area (Å²) in [6.07, 6.45) is 2.48. The highest BCUT2D eigenvalue weighted by atomic mass is 16.7. The highest BCUT2D eigenvalue weighted by molar-refractivity contribution is 5.60. The van der Waals surface area contributed by atoms with Gasteiger partial charge >= 0.3 is 0 Å². The predicted molar refractivity (Wildman–Crippen MR) is 73.9 cm³/mol. The van der Waals surface area contributed by atoms with Gasteiger partial charge in [0.15, 0.2) is 24.7 Å². The highest BCUT2D eigenvalue weighted by Gasteiger charge is 2.40. The molecule has 0 unspecified atom stereocenters. The van der Waals surface area contributed by atoms with Crippen LogP contribution in [0.25, 0.3) is 0 Å². The fourth-order valence-corrected chi connectivity index (χ4v) is 2.09. The fourth-order valence-electron chi connectivity index (χ4n) is 2.09. The van der Waals surface area contributed by atoms with Gasteiger partial charge in [0.1, 0.15) is 6.10 Å². The van der Waals surface area contributed by atoms with Crippen LogP contribution >= 0.6 is 0 Å². The van der Waals surface area contributed by atoms with Crippen LogP contribution in [-0.2, 0) is 16.0 Å². The van der Waals surface area contributed by atoms with Crippen molar-refractivity contribution in [2.45, 2.75) is 38.4 Å². The molecule has 1 aromatic carbocycles. The second-order valence-electron chi connectivity index (χ2n) is 5.01. The molecule has 0 amide bonds. The molecule has 2 rings (SSSR count). The average molecular weight is 261 g/mol. The monoisotopic (exact) mass is 261 g/mol. The Bertz CT molecular complexity index is 468. The SMILES string of the molecule is C=C[C@H]1OC(C)(C)O[C@H]1C=[N+]([O-])Cc1ccccc1. The van der Waals surface area contributed by atoms with E-state index in [-0.39, 0.29) is 6.10 Å². The lowest BCUT2D eigenvalue weighted by molar-refractivity contribution is -0.473. The molecule has 102 valence electrons. The molecule has 1 saturated heterocycles. The van der Waals surface area contributed by atoms with E-state index in [1.807, 2.05) is 44.2 Å². The van der Waals surface area contributed by atoms with Gasteiger partial charge < -0.3 is 14.7 Å². The fraction of sp³-hybridized carbons (Fsp3) is 0.400. The second kappa shape index (κ2) is 5.55. The minimum absolute atomic E-state index is 0.290. The minimum Gasteiger partial charge on any atom is -0.624 e. The van der Waals surface area contributed by atoms with Gasteiger partial charge in [-0.1, -0.05) is 36.4 Å². The Hall–Kier alpha value is -1.65. The third-order valence-corrected chi connectivity index (χ3v) is 2.89. The van der Waals surface area contributed by atoms with Crippen LogP contribution in [-0.4, -0.2) is 28.9 Å². The summed E-state index contributed by atoms with van der Waals surface area (Å²) in [5.41, 5.74) is 0.960. The zero-order valence-electron chi connectivity index (χ0n) is 11.3. The average Bonchev–Trinajstić information content (AvgIpc) is 2.64. The van der Waals surface area contributed by atoms with E-state index in [9.17, 15) is 5.21 Å². The Morgan fingerprint density at radius 1 is 1.26 bits per heavy atom. The molecule has 2 atom stereocenters. The van der Waals surface area contributed by atoms with Crippen molar-refractivity contribution in [1.29, 1.82) is 0 Å². The number of rotatable bonds is 4. The largest absolute Gasteiger partial charge is 0.624 e. The first-order valence-corrected chi connectivity index (χ1v) is 6.31. The summed E-state index contributed by atoms with van der Waals surface area (Å²) in [6, 6.07) is 9.58. The Kier molecular flexibility index (Phi) is 4.02. The number of hydroxylamine groups is 1. The van der Waals surface area contributed by atoms with Gasteiger partial charge in [0, 0.05) is 5.56 Å². The van der Waals surface area contributed by atoms with Crippen molar-refractivity contribution in [3.05, 3.63) is 53.8 Å². The van der Waals surface area contributed by atoms with Crippen LogP contribution in [0.5, 0.6) is 0 Å². The van der Waals surface area contributed by atoms with Crippen molar-refractivity contribution in [1.82, 2.24) is 0 Å². The van der Waals surface area contributed by atoms with E-state index in [1.54, 1.807) is 6.08 Å². The summed E-state index contributed by atoms with van der Waals surface area (Å²) in [6.45, 7) is 7.65. The molecule has 0 aliphatic carbocycles. The van der Waals surface area contributed by atoms with Crippen LogP contribution < -0.4 is 0 Å². The maximum Gasteiger partial charge on any atom is 0.183 e. The molecule has 0 radical (unpaired) electrons. The predicted octanol–water partition coefficient (Wildman–Crippen LogP) is 2.47. The molecule has 1 aromatic rings. The molecule has 0 spiro atoms. The molecular weight excluding hydrogens is 242 g/mol. The molecule has 4 nitrogen and oxygen atoms in total. The van der Waals surface area contributed by atoms with Gasteiger partial charge in [0.05, 0.1) is 0 Å². The van der Waals surface area contributed by atoms with Crippen LogP contribution in [0.2, 0.25) is 0 Å². The first-order valence-electron chi connectivity index (χ1n) is 6.31. The molecule has 19 heavy (non-hydrogen) atoms. The van der Waals surface area contributed by atoms with Gasteiger partial charge in [0.2, 0.25) is 0 Å². The van der Waals surface area contributed by atoms with Crippen LogP contribution in [0.3, 0.4) is 0 Å². The number of nitrogens with zero attached hydrogens (tertiary/aromatic N) is 1. The van der Waals surface area contributed by atoms with Crippen molar-refractivity contribution >= 4 is 6.21 Å². The molecule has 0 aromatic heterocycles. The summed E-state index contributed by atoms with van der Waals surface area (Å²) < 4.78 is 12.2. The van der Waals surface area contributed by atoms with Crippen molar-refractivity contribution in [3.63, 3.8) is 0 Å². The van der Waals surface area contributed by atoms with Crippen LogP contribution in [0.15, 0.2) is 43.0 Å². The standard InChI is InChI=1S/C15H19NO3/c1-4-13-14(19-15(2,3)18-13)11-16(17)10-12-8-6-5-7-9-12/h4-9,11,13-14H,1,10H2,2-3H3/t13-,14+/m1/s1. The van der Waals surface area contributed by atoms with E-state index in [0.717, 1.165) is 10.3 Å². The van der Waals surface area contributed by atoms with Crippen molar-refractivity contribution < 1.29 is 14.2 Å². The lowest BCUT2D eigenvalue weighted by Gasteiger charge is -2.15. The van der Waals surface area contributed by atoms with E-state index in [2.05, 4.69) is 6.58 Å². The lowest BCUT2D eigenvalue weighted by atomic mass is 10.2. The van der Waals surface area contributed by atoms with Crippen LogP contribution in [0, 0.1) is 5.21 Å². The van der Waals surface area contributed by atoms with Crippen molar-refractivity contribution in [2.24, 2.45) is 0 Å². The van der Waals surface area contributed by atoms with Gasteiger partial charge in [-0.3, -0.25) is 0 Å². The molecule has 0 saturated carbocycles. The number of hydrogen-bond donors (Lipinski definition) is 0. The quantitative estimate of drug-likeness (QED) is 0.275. The zero-order chi connectivity index (χ0) is 13.9. The highest BCUT2D eigenvalue weighted by Crippen LogP contribution is 2.27. The summed E-state index contributed by atoms with van der Waals surface area (Å²) in [5, 5.41) is 11.9. The molecule has 0 N–H and O–H groups in total. The molecule has 1 fully saturated rings. The molecule has 1 heterocycles. The molecular formula is C15H19NO3. The van der Waals surface area contributed by atoms with Gasteiger partial charge in [0.25, 0.3) is 0 Å². The maximum atomic E-state index is 11.9. The Morgan fingerprint density at radius 2 is 1.89 bits per heavy atom. The Balaban J connectivity index is 2.06. The zero-order valence-corrected chi connectivity index (χ0v) is 11.3.